The average Bonchev–Trinajstić information content (AvgIpc) is 2.56. The first-order valence-corrected chi connectivity index (χ1v) is 8.42. The third-order valence-corrected chi connectivity index (χ3v) is 6.26. The molecule has 1 aromatic heterocycles. The van der Waals surface area contributed by atoms with Crippen LogP contribution >= 0.6 is 7.14 Å². The Balaban J connectivity index is 2.26. The zero-order valence-corrected chi connectivity index (χ0v) is 12.6. The minimum Gasteiger partial charge on any atom is -0.307 e. The van der Waals surface area contributed by atoms with E-state index < -0.39 is 7.14 Å². The van der Waals surface area contributed by atoms with Crippen molar-refractivity contribution in [2.45, 2.75) is 6.92 Å². The summed E-state index contributed by atoms with van der Waals surface area (Å²) in [5.41, 5.74) is 1.33. The molecule has 4 heteroatoms. The van der Waals surface area contributed by atoms with Crippen molar-refractivity contribution >= 4 is 23.2 Å². The maximum atomic E-state index is 13.8. The topological polar surface area (TPSA) is 42.9 Å². The number of nitrogens with zero attached hydrogens (tertiary/aromatic N) is 2. The van der Waals surface area contributed by atoms with Gasteiger partial charge in [-0.1, -0.05) is 60.7 Å². The molecule has 21 heavy (non-hydrogen) atoms. The Bertz CT molecular complexity index is 727. The highest BCUT2D eigenvalue weighted by Gasteiger charge is 2.31. The van der Waals surface area contributed by atoms with Crippen LogP contribution in [0, 0.1) is 6.92 Å². The van der Waals surface area contributed by atoms with Gasteiger partial charge in [-0.25, -0.2) is 4.98 Å². The molecule has 0 unspecified atom stereocenters. The van der Waals surface area contributed by atoms with Crippen LogP contribution in [0.15, 0.2) is 73.1 Å². The van der Waals surface area contributed by atoms with Gasteiger partial charge in [0, 0.05) is 16.8 Å². The zero-order valence-electron chi connectivity index (χ0n) is 11.7. The molecule has 2 aromatic carbocycles. The fraction of sp³-hybridized carbons (Fsp3) is 0.0588. The summed E-state index contributed by atoms with van der Waals surface area (Å²) in [6, 6.07) is 19.0. The third-order valence-electron chi connectivity index (χ3n) is 3.33. The molecule has 1 heterocycles. The summed E-state index contributed by atoms with van der Waals surface area (Å²) in [7, 11) is -2.97. The minimum absolute atomic E-state index is 0.519. The first-order chi connectivity index (χ1) is 10.2. The highest BCUT2D eigenvalue weighted by atomic mass is 31.2. The van der Waals surface area contributed by atoms with Crippen LogP contribution in [-0.4, -0.2) is 9.97 Å². The predicted molar refractivity (Wildman–Crippen MR) is 86.2 cm³/mol. The Kier molecular flexibility index (Phi) is 3.68. The van der Waals surface area contributed by atoms with Crippen molar-refractivity contribution in [1.29, 1.82) is 0 Å². The summed E-state index contributed by atoms with van der Waals surface area (Å²) in [5.74, 6) is 0. The minimum atomic E-state index is -2.97. The van der Waals surface area contributed by atoms with Gasteiger partial charge in [0.15, 0.2) is 7.14 Å². The van der Waals surface area contributed by atoms with Crippen LogP contribution < -0.4 is 16.0 Å². The van der Waals surface area contributed by atoms with E-state index in [-0.39, 0.29) is 0 Å². The maximum absolute atomic E-state index is 13.8. The van der Waals surface area contributed by atoms with Gasteiger partial charge in [0.2, 0.25) is 0 Å². The molecule has 0 N–H and O–H groups in total. The van der Waals surface area contributed by atoms with Crippen molar-refractivity contribution in [2.75, 3.05) is 0 Å². The monoisotopic (exact) mass is 294 g/mol. The van der Waals surface area contributed by atoms with Gasteiger partial charge >= 0.3 is 0 Å². The first-order valence-electron chi connectivity index (χ1n) is 6.72. The van der Waals surface area contributed by atoms with Gasteiger partial charge in [-0.15, -0.1) is 0 Å². The third kappa shape index (κ3) is 2.53. The van der Waals surface area contributed by atoms with Crippen LogP contribution in [0.4, 0.5) is 0 Å². The molecule has 0 atom stereocenters. The summed E-state index contributed by atoms with van der Waals surface area (Å²) < 4.78 is 13.8. The summed E-state index contributed by atoms with van der Waals surface area (Å²) >= 11 is 0. The van der Waals surface area contributed by atoms with Crippen LogP contribution in [-0.2, 0) is 4.57 Å². The molecule has 104 valence electrons. The van der Waals surface area contributed by atoms with E-state index in [0.717, 1.165) is 16.3 Å². The molecule has 0 spiro atoms. The van der Waals surface area contributed by atoms with Gasteiger partial charge in [0.25, 0.3) is 0 Å². The molecule has 0 fully saturated rings. The van der Waals surface area contributed by atoms with Crippen LogP contribution in [0.25, 0.3) is 0 Å². The second-order valence-electron chi connectivity index (χ2n) is 4.80. The lowest BCUT2D eigenvalue weighted by Gasteiger charge is -2.18. The molecule has 0 bridgehead atoms. The van der Waals surface area contributed by atoms with Crippen LogP contribution in [0.2, 0.25) is 0 Å². The van der Waals surface area contributed by atoms with Crippen molar-refractivity contribution in [1.82, 2.24) is 9.97 Å². The molecule has 3 rings (SSSR count). The summed E-state index contributed by atoms with van der Waals surface area (Å²) in [4.78, 5) is 8.64. The Morgan fingerprint density at radius 1 is 0.762 bits per heavy atom. The molecule has 0 aliphatic heterocycles. The lowest BCUT2D eigenvalue weighted by atomic mass is 10.4. The zero-order chi connectivity index (χ0) is 14.7. The van der Waals surface area contributed by atoms with E-state index in [1.807, 2.05) is 67.6 Å². The Labute approximate surface area is 124 Å². The fourth-order valence-corrected chi connectivity index (χ4v) is 4.69. The molecule has 0 saturated carbocycles. The molecular weight excluding hydrogens is 279 g/mol. The van der Waals surface area contributed by atoms with E-state index in [1.54, 1.807) is 12.4 Å². The van der Waals surface area contributed by atoms with Gasteiger partial charge in [-0.05, 0) is 6.92 Å². The number of benzene rings is 2. The Hall–Kier alpha value is -2.25. The van der Waals surface area contributed by atoms with Crippen molar-refractivity contribution < 1.29 is 4.57 Å². The van der Waals surface area contributed by atoms with E-state index in [2.05, 4.69) is 9.97 Å². The lowest BCUT2D eigenvalue weighted by Crippen LogP contribution is -2.27. The van der Waals surface area contributed by atoms with Crippen molar-refractivity contribution in [3.8, 4) is 0 Å². The van der Waals surface area contributed by atoms with E-state index in [4.69, 9.17) is 0 Å². The molecule has 0 radical (unpaired) electrons. The van der Waals surface area contributed by atoms with Gasteiger partial charge in [0.05, 0.1) is 11.9 Å². The molecule has 3 aromatic rings. The smallest absolute Gasteiger partial charge is 0.190 e. The largest absolute Gasteiger partial charge is 0.307 e. The van der Waals surface area contributed by atoms with Gasteiger partial charge in [-0.3, -0.25) is 4.98 Å². The summed E-state index contributed by atoms with van der Waals surface area (Å²) in [6.45, 7) is 1.87. The molecule has 0 amide bonds. The van der Waals surface area contributed by atoms with Gasteiger partial charge < -0.3 is 4.57 Å². The van der Waals surface area contributed by atoms with E-state index in [1.165, 1.54) is 0 Å². The molecule has 0 aliphatic rings. The maximum Gasteiger partial charge on any atom is 0.190 e. The molecule has 0 saturated heterocycles. The number of aryl methyl sites for hydroxylation is 1. The van der Waals surface area contributed by atoms with Crippen molar-refractivity contribution in [3.05, 3.63) is 78.8 Å². The number of hydrogen-bond donors (Lipinski definition) is 0. The van der Waals surface area contributed by atoms with Gasteiger partial charge in [-0.2, -0.15) is 0 Å². The molecule has 0 aliphatic carbocycles. The Morgan fingerprint density at radius 2 is 1.29 bits per heavy atom. The first kappa shape index (κ1) is 13.7. The second kappa shape index (κ2) is 5.63. The van der Waals surface area contributed by atoms with Gasteiger partial charge in [0.1, 0.15) is 5.44 Å². The van der Waals surface area contributed by atoms with Crippen LogP contribution in [0.5, 0.6) is 0 Å². The highest BCUT2D eigenvalue weighted by Crippen LogP contribution is 2.41. The summed E-state index contributed by atoms with van der Waals surface area (Å²) in [6.07, 6.45) is 3.28. The van der Waals surface area contributed by atoms with Crippen LogP contribution in [0.1, 0.15) is 5.69 Å². The van der Waals surface area contributed by atoms with E-state index in [0.29, 0.717) is 5.44 Å². The fourth-order valence-electron chi connectivity index (χ4n) is 2.24. The number of hydrogen-bond acceptors (Lipinski definition) is 3. The second-order valence-corrected chi connectivity index (χ2v) is 7.51. The molecular formula is C17H15N2OP. The normalized spacial score (nSPS) is 11.3. The summed E-state index contributed by atoms with van der Waals surface area (Å²) in [5, 5.41) is 1.55. The quantitative estimate of drug-likeness (QED) is 0.697. The lowest BCUT2D eigenvalue weighted by molar-refractivity contribution is 0.592. The Morgan fingerprint density at radius 3 is 1.71 bits per heavy atom. The SMILES string of the molecule is Cc1cnc(P(=O)(c2ccccc2)c2ccccc2)cn1. The van der Waals surface area contributed by atoms with Crippen molar-refractivity contribution in [3.63, 3.8) is 0 Å². The van der Waals surface area contributed by atoms with E-state index in [9.17, 15) is 4.57 Å². The number of rotatable bonds is 3. The van der Waals surface area contributed by atoms with E-state index >= 15 is 0 Å². The van der Waals surface area contributed by atoms with Crippen molar-refractivity contribution in [2.24, 2.45) is 0 Å². The predicted octanol–water partition coefficient (Wildman–Crippen LogP) is 2.42. The average molecular weight is 294 g/mol. The van der Waals surface area contributed by atoms with Crippen LogP contribution in [0.3, 0.4) is 0 Å². The standard InChI is InChI=1S/C17H15N2OP/c1-14-12-19-17(13-18-14)21(20,15-8-4-2-5-9-15)16-10-6-3-7-11-16/h2-13H,1H3. The highest BCUT2D eigenvalue weighted by molar-refractivity contribution is 7.85. The molecule has 3 nitrogen and oxygen atoms in total. The number of aromatic nitrogens is 2.